The van der Waals surface area contributed by atoms with Crippen LogP contribution in [-0.4, -0.2) is 91.9 Å². The van der Waals surface area contributed by atoms with Crippen LogP contribution in [0.15, 0.2) is 48.6 Å². The van der Waals surface area contributed by atoms with Crippen LogP contribution in [0.5, 0.6) is 6.01 Å². The van der Waals surface area contributed by atoms with Crippen molar-refractivity contribution in [1.82, 2.24) is 14.9 Å². The highest BCUT2D eigenvalue weighted by atomic mass is 32.2. The van der Waals surface area contributed by atoms with Crippen molar-refractivity contribution in [1.29, 1.82) is 5.26 Å². The second-order valence-corrected chi connectivity index (χ2v) is 16.9. The molecule has 9 nitrogen and oxygen atoms in total. The third kappa shape index (κ3) is 6.45. The van der Waals surface area contributed by atoms with Crippen molar-refractivity contribution in [3.8, 4) is 12.1 Å². The van der Waals surface area contributed by atoms with E-state index in [0.29, 0.717) is 55.1 Å². The maximum Gasteiger partial charge on any atom is 0.318 e. The summed E-state index contributed by atoms with van der Waals surface area (Å²) in [7, 11) is 0.569. The summed E-state index contributed by atoms with van der Waals surface area (Å²) in [6.45, 7) is 6.92. The Balaban J connectivity index is 1.20. The molecular weight excluding hydrogens is 632 g/mol. The molecule has 0 spiro atoms. The van der Waals surface area contributed by atoms with E-state index in [1.807, 2.05) is 0 Å². The number of halogens is 1. The molecule has 4 heterocycles. The van der Waals surface area contributed by atoms with Crippen molar-refractivity contribution in [2.24, 2.45) is 0 Å². The van der Waals surface area contributed by atoms with Crippen molar-refractivity contribution >= 4 is 50.2 Å². The van der Waals surface area contributed by atoms with Crippen LogP contribution in [0, 0.1) is 18.3 Å². The summed E-state index contributed by atoms with van der Waals surface area (Å²) < 4.78 is 25.4. The predicted molar refractivity (Wildman–Crippen MR) is 187 cm³/mol. The number of alkyl halides is 1. The van der Waals surface area contributed by atoms with Gasteiger partial charge >= 0.3 is 6.01 Å². The monoisotopic (exact) mass is 672 g/mol. The largest absolute Gasteiger partial charge is 0.462 e. The zero-order valence-electron chi connectivity index (χ0n) is 27.2. The number of carbonyl (C=O) groups excluding carboxylic acids is 1. The van der Waals surface area contributed by atoms with Crippen molar-refractivity contribution < 1.29 is 18.7 Å². The van der Waals surface area contributed by atoms with Gasteiger partial charge in [-0.25, -0.2) is 4.39 Å². The fraction of sp³-hybridized carbons (Fsp3) is 0.486. The summed E-state index contributed by atoms with van der Waals surface area (Å²) in [5.74, 6) is 0.574. The highest BCUT2D eigenvalue weighted by Crippen LogP contribution is 2.56. The number of nitriles is 1. The minimum atomic E-state index is -0.700. The van der Waals surface area contributed by atoms with E-state index in [4.69, 9.17) is 19.4 Å². The Kier molecular flexibility index (Phi) is 8.65. The standard InChI is InChI=1S/C35H41FN6O3SSi/c1-23-6-3-7-24-8-4-9-28(31(23)24)40-17-13-26-27(20-40)38-33(44-21-29-34(2,46-29)45-25-11-12-25)39-32(26)41-18-19-42(30(43)10-5-15-36)35(47,22-41)14-16-37/h3-10,25,29H,11-15,17-22H2,1-2,47H3/b10-5+/t29?,34-,35-/m0/s1. The number of aromatic nitrogens is 2. The van der Waals surface area contributed by atoms with E-state index in [0.717, 1.165) is 42.9 Å². The number of aryl methyl sites for hydroxylation is 1. The highest BCUT2D eigenvalue weighted by molar-refractivity contribution is 8.08. The van der Waals surface area contributed by atoms with Crippen molar-refractivity contribution in [2.45, 2.75) is 67.5 Å². The van der Waals surface area contributed by atoms with E-state index in [9.17, 15) is 14.4 Å². The molecule has 1 amide bonds. The van der Waals surface area contributed by atoms with Crippen LogP contribution in [-0.2, 0) is 22.5 Å². The molecule has 0 N–H and O–H groups in total. The summed E-state index contributed by atoms with van der Waals surface area (Å²) in [6, 6.07) is 15.5. The van der Waals surface area contributed by atoms with Crippen LogP contribution in [0.4, 0.5) is 15.9 Å². The highest BCUT2D eigenvalue weighted by Gasteiger charge is 2.56. The van der Waals surface area contributed by atoms with Gasteiger partial charge in [0, 0.05) is 59.1 Å². The lowest BCUT2D eigenvalue weighted by Crippen LogP contribution is -2.64. The van der Waals surface area contributed by atoms with Crippen molar-refractivity contribution in [3.63, 3.8) is 0 Å². The number of hydrogen-bond donors (Lipinski definition) is 0. The minimum Gasteiger partial charge on any atom is -0.462 e. The molecule has 1 saturated carbocycles. The number of fused-ring (bicyclic) bond motifs is 2. The normalized spacial score (nSPS) is 25.7. The summed E-state index contributed by atoms with van der Waals surface area (Å²) >= 11 is 1.79. The van der Waals surface area contributed by atoms with Crippen LogP contribution in [0.3, 0.4) is 0 Å². The lowest BCUT2D eigenvalue weighted by atomic mass is 9.99. The number of benzene rings is 2. The molecule has 1 unspecified atom stereocenters. The first-order valence-electron chi connectivity index (χ1n) is 16.5. The van der Waals surface area contributed by atoms with Gasteiger partial charge in [0.15, 0.2) is 0 Å². The number of carbonyl (C=O) groups is 1. The Hall–Kier alpha value is -3.66. The minimum absolute atomic E-state index is 0.203. The Bertz CT molecular complexity index is 1760. The summed E-state index contributed by atoms with van der Waals surface area (Å²) in [5.41, 5.74) is 4.46. The summed E-state index contributed by atoms with van der Waals surface area (Å²) in [5, 5.41) is 11.8. The molecule has 3 fully saturated rings. The number of anilines is 2. The molecule has 3 atom stereocenters. The molecular formula is C35H41FN6O3SSi. The van der Waals surface area contributed by atoms with E-state index >= 15 is 0 Å². The van der Waals surface area contributed by atoms with Crippen LogP contribution >= 0.6 is 11.8 Å². The fourth-order valence-corrected chi connectivity index (χ4v) is 9.01. The summed E-state index contributed by atoms with van der Waals surface area (Å²) in [4.78, 5) is 29.2. The number of amides is 1. The predicted octanol–water partition coefficient (Wildman–Crippen LogP) is 4.04. The lowest BCUT2D eigenvalue weighted by Gasteiger charge is -2.49. The van der Waals surface area contributed by atoms with Gasteiger partial charge in [-0.3, -0.25) is 4.79 Å². The van der Waals surface area contributed by atoms with E-state index in [2.05, 4.69) is 66.1 Å². The van der Waals surface area contributed by atoms with Crippen LogP contribution in [0.1, 0.15) is 43.0 Å². The van der Waals surface area contributed by atoms with Gasteiger partial charge in [-0.1, -0.05) is 30.3 Å². The van der Waals surface area contributed by atoms with Crippen LogP contribution in [0.2, 0.25) is 0 Å². The van der Waals surface area contributed by atoms with Crippen LogP contribution in [0.25, 0.3) is 10.8 Å². The first-order valence-corrected chi connectivity index (χ1v) is 18.4. The SMILES string of the molecule is Cc1cccc2cccc(N3CCc4c(nc(OCC5S[C@]5(C)OC5CC5)nc4N4CCN(C(=O)/C=C/CF)[C@]([SiH3])(CC#N)C4)C3)c12. The molecule has 1 aromatic heterocycles. The van der Waals surface area contributed by atoms with E-state index in [1.165, 1.54) is 34.2 Å². The van der Waals surface area contributed by atoms with Gasteiger partial charge in [0.2, 0.25) is 5.91 Å². The number of hydrogen-bond acceptors (Lipinski definition) is 9. The molecule has 12 heteroatoms. The Morgan fingerprint density at radius 2 is 2.00 bits per heavy atom. The number of allylic oxidation sites excluding steroid dienone is 1. The second kappa shape index (κ2) is 12.7. The number of rotatable bonds is 10. The first-order chi connectivity index (χ1) is 22.7. The molecule has 1 aliphatic carbocycles. The van der Waals surface area contributed by atoms with E-state index in [1.54, 1.807) is 16.7 Å². The third-order valence-electron chi connectivity index (χ3n) is 9.80. The lowest BCUT2D eigenvalue weighted by molar-refractivity contribution is -0.129. The van der Waals surface area contributed by atoms with Gasteiger partial charge in [-0.15, -0.1) is 11.8 Å². The molecule has 3 aliphatic heterocycles. The summed E-state index contributed by atoms with van der Waals surface area (Å²) in [6.07, 6.45) is 6.11. The Morgan fingerprint density at radius 1 is 1.19 bits per heavy atom. The second-order valence-electron chi connectivity index (χ2n) is 13.4. The van der Waals surface area contributed by atoms with E-state index < -0.39 is 11.8 Å². The van der Waals surface area contributed by atoms with Gasteiger partial charge in [0.1, 0.15) is 24.0 Å². The van der Waals surface area contributed by atoms with Gasteiger partial charge in [-0.2, -0.15) is 15.2 Å². The fourth-order valence-electron chi connectivity index (χ4n) is 7.07. The number of ether oxygens (including phenoxy) is 2. The zero-order valence-corrected chi connectivity index (χ0v) is 30.1. The maximum atomic E-state index is 13.0. The molecule has 7 rings (SSSR count). The average molecular weight is 673 g/mol. The smallest absolute Gasteiger partial charge is 0.318 e. The maximum absolute atomic E-state index is 13.0. The van der Waals surface area contributed by atoms with E-state index in [-0.39, 0.29) is 22.5 Å². The molecule has 2 saturated heterocycles. The average Bonchev–Trinajstić information content (AvgIpc) is 3.99. The van der Waals surface area contributed by atoms with Crippen molar-refractivity contribution in [2.75, 3.05) is 49.3 Å². The van der Waals surface area contributed by atoms with Gasteiger partial charge in [-0.05, 0) is 56.2 Å². The zero-order chi connectivity index (χ0) is 32.8. The topological polar surface area (TPSA) is 94.8 Å². The molecule has 3 aromatic rings. The number of thioether (sulfide) groups is 1. The van der Waals surface area contributed by atoms with Gasteiger partial charge < -0.3 is 24.2 Å². The number of piperazine rings is 1. The molecule has 47 heavy (non-hydrogen) atoms. The molecule has 0 radical (unpaired) electrons. The first kappa shape index (κ1) is 31.9. The quantitative estimate of drug-likeness (QED) is 0.180. The number of nitrogens with zero attached hydrogens (tertiary/aromatic N) is 6. The van der Waals surface area contributed by atoms with Gasteiger partial charge in [0.25, 0.3) is 0 Å². The Labute approximate surface area is 282 Å². The molecule has 2 aromatic carbocycles. The van der Waals surface area contributed by atoms with Crippen LogP contribution < -0.4 is 14.5 Å². The molecule has 4 aliphatic rings. The van der Waals surface area contributed by atoms with Crippen molar-refractivity contribution in [3.05, 3.63) is 65.4 Å². The molecule has 0 bridgehead atoms. The third-order valence-corrected chi connectivity index (χ3v) is 12.5. The Morgan fingerprint density at radius 3 is 2.77 bits per heavy atom. The van der Waals surface area contributed by atoms with Gasteiger partial charge in [0.05, 0.1) is 41.2 Å². The molecule has 246 valence electrons.